The van der Waals surface area contributed by atoms with Gasteiger partial charge in [0.25, 0.3) is 5.56 Å². The summed E-state index contributed by atoms with van der Waals surface area (Å²) in [6, 6.07) is 7.88. The lowest BCUT2D eigenvalue weighted by atomic mass is 10.0. The molecule has 0 unspecified atom stereocenters. The van der Waals surface area contributed by atoms with Crippen molar-refractivity contribution in [2.75, 3.05) is 0 Å². The van der Waals surface area contributed by atoms with Gasteiger partial charge in [-0.3, -0.25) is 9.78 Å². The minimum atomic E-state index is -0.221. The Labute approximate surface area is 141 Å². The normalized spacial score (nSPS) is 11.5. The summed E-state index contributed by atoms with van der Waals surface area (Å²) < 4.78 is 6.21. The summed E-state index contributed by atoms with van der Waals surface area (Å²) in [6.45, 7) is 8.14. The summed E-state index contributed by atoms with van der Waals surface area (Å²) in [6.07, 6.45) is 2.35. The molecule has 2 rings (SSSR count). The number of rotatable bonds is 5. The maximum atomic E-state index is 12.2. The van der Waals surface area contributed by atoms with Gasteiger partial charge in [-0.1, -0.05) is 25.5 Å². The zero-order valence-corrected chi connectivity index (χ0v) is 15.0. The third-order valence-corrected chi connectivity index (χ3v) is 3.56. The predicted molar refractivity (Wildman–Crippen MR) is 95.9 cm³/mol. The molecular weight excluding hydrogens is 308 g/mol. The fourth-order valence-corrected chi connectivity index (χ4v) is 2.66. The van der Waals surface area contributed by atoms with Crippen molar-refractivity contribution in [1.29, 1.82) is 0 Å². The van der Waals surface area contributed by atoms with Crippen molar-refractivity contribution in [3.05, 3.63) is 56.2 Å². The fourth-order valence-electron chi connectivity index (χ4n) is 2.44. The molecule has 23 heavy (non-hydrogen) atoms. The highest BCUT2D eigenvalue weighted by Gasteiger charge is 2.12. The average Bonchev–Trinajstić information content (AvgIpc) is 2.43. The highest BCUT2D eigenvalue weighted by Crippen LogP contribution is 2.20. The Balaban J connectivity index is 2.26. The number of hydrogen-bond acceptors (Lipinski definition) is 3. The predicted octanol–water partition coefficient (Wildman–Crippen LogP) is 4.15. The van der Waals surface area contributed by atoms with Crippen LogP contribution in [0.15, 0.2) is 29.1 Å². The topological polar surface area (TPSA) is 57.9 Å². The molecule has 1 aromatic heterocycles. The van der Waals surface area contributed by atoms with E-state index in [4.69, 9.17) is 17.0 Å². The van der Waals surface area contributed by atoms with Gasteiger partial charge < -0.3 is 9.72 Å². The minimum Gasteiger partial charge on any atom is -0.488 e. The molecule has 0 saturated heterocycles. The van der Waals surface area contributed by atoms with Gasteiger partial charge in [0.1, 0.15) is 11.4 Å². The summed E-state index contributed by atoms with van der Waals surface area (Å²) in [5.74, 6) is 0.830. The Kier molecular flexibility index (Phi) is 5.42. The van der Waals surface area contributed by atoms with E-state index in [1.165, 1.54) is 0 Å². The number of nitrogens with one attached hydrogen (secondary N) is 2. The van der Waals surface area contributed by atoms with Crippen molar-refractivity contribution in [1.82, 2.24) is 9.97 Å². The van der Waals surface area contributed by atoms with Crippen LogP contribution in [-0.2, 0) is 12.8 Å². The van der Waals surface area contributed by atoms with E-state index in [2.05, 4.69) is 16.9 Å². The lowest BCUT2D eigenvalue weighted by Crippen LogP contribution is -2.22. The van der Waals surface area contributed by atoms with Crippen LogP contribution in [0.5, 0.6) is 5.75 Å². The number of aryl methyl sites for hydroxylation is 1. The Morgan fingerprint density at radius 1 is 1.13 bits per heavy atom. The summed E-state index contributed by atoms with van der Waals surface area (Å²) in [4.78, 5) is 18.0. The molecule has 0 aliphatic carbocycles. The molecule has 1 heterocycles. The van der Waals surface area contributed by atoms with E-state index in [0.717, 1.165) is 35.4 Å². The summed E-state index contributed by atoms with van der Waals surface area (Å²) in [5.41, 5.74) is 2.43. The van der Waals surface area contributed by atoms with Crippen LogP contribution in [0.3, 0.4) is 0 Å². The van der Waals surface area contributed by atoms with Crippen molar-refractivity contribution in [3.63, 3.8) is 0 Å². The van der Waals surface area contributed by atoms with Crippen LogP contribution in [0.25, 0.3) is 0 Å². The molecule has 0 amide bonds. The molecule has 124 valence electrons. The molecule has 0 bridgehead atoms. The average molecular weight is 332 g/mol. The minimum absolute atomic E-state index is 0.104. The molecule has 0 atom stereocenters. The van der Waals surface area contributed by atoms with E-state index < -0.39 is 0 Å². The molecule has 0 spiro atoms. The molecule has 4 nitrogen and oxygen atoms in total. The van der Waals surface area contributed by atoms with Crippen molar-refractivity contribution in [2.24, 2.45) is 0 Å². The zero-order chi connectivity index (χ0) is 17.0. The van der Waals surface area contributed by atoms with Crippen molar-refractivity contribution >= 4 is 12.2 Å². The first-order valence-electron chi connectivity index (χ1n) is 7.91. The standard InChI is InChI=1S/C18H24N2O2S/c1-5-6-15-14(16(21)20-17(23)19-15)11-12-7-9-13(10-8-12)22-18(2,3)4/h7-10H,5-6,11H2,1-4H3,(H2,19,20,21,23). The Hall–Kier alpha value is -1.88. The first kappa shape index (κ1) is 17.5. The summed E-state index contributed by atoms with van der Waals surface area (Å²) in [5, 5.41) is 0. The maximum Gasteiger partial charge on any atom is 0.255 e. The molecule has 5 heteroatoms. The summed E-state index contributed by atoms with van der Waals surface area (Å²) >= 11 is 5.07. The van der Waals surface area contributed by atoms with E-state index in [-0.39, 0.29) is 11.2 Å². The van der Waals surface area contributed by atoms with Crippen molar-refractivity contribution < 1.29 is 4.74 Å². The van der Waals surface area contributed by atoms with Gasteiger partial charge in [0.05, 0.1) is 0 Å². The largest absolute Gasteiger partial charge is 0.488 e. The number of aromatic amines is 2. The molecule has 0 aliphatic heterocycles. The third-order valence-electron chi connectivity index (χ3n) is 3.36. The molecular formula is C18H24N2O2S. The maximum absolute atomic E-state index is 12.2. The Morgan fingerprint density at radius 3 is 2.35 bits per heavy atom. The van der Waals surface area contributed by atoms with Gasteiger partial charge in [-0.15, -0.1) is 0 Å². The number of H-pyrrole nitrogens is 2. The lowest BCUT2D eigenvalue weighted by molar-refractivity contribution is 0.131. The number of benzene rings is 1. The quantitative estimate of drug-likeness (QED) is 0.809. The van der Waals surface area contributed by atoms with Crippen LogP contribution in [0, 0.1) is 4.77 Å². The van der Waals surface area contributed by atoms with Crippen LogP contribution < -0.4 is 10.3 Å². The van der Waals surface area contributed by atoms with Gasteiger partial charge in [-0.2, -0.15) is 0 Å². The van der Waals surface area contributed by atoms with Gasteiger partial charge in [-0.25, -0.2) is 0 Å². The Bertz CT molecular complexity index is 767. The van der Waals surface area contributed by atoms with Crippen LogP contribution in [0.1, 0.15) is 50.9 Å². The van der Waals surface area contributed by atoms with Crippen LogP contribution in [-0.4, -0.2) is 15.6 Å². The van der Waals surface area contributed by atoms with E-state index >= 15 is 0 Å². The zero-order valence-electron chi connectivity index (χ0n) is 14.2. The summed E-state index contributed by atoms with van der Waals surface area (Å²) in [7, 11) is 0. The monoisotopic (exact) mass is 332 g/mol. The molecule has 2 aromatic rings. The highest BCUT2D eigenvalue weighted by atomic mass is 32.1. The van der Waals surface area contributed by atoms with Gasteiger partial charge in [0.15, 0.2) is 4.77 Å². The number of aromatic nitrogens is 2. The van der Waals surface area contributed by atoms with Gasteiger partial charge in [-0.05, 0) is 57.1 Å². The third kappa shape index (κ3) is 5.06. The molecule has 0 radical (unpaired) electrons. The van der Waals surface area contributed by atoms with Crippen LogP contribution in [0.4, 0.5) is 0 Å². The van der Waals surface area contributed by atoms with Gasteiger partial charge in [0.2, 0.25) is 0 Å². The first-order valence-corrected chi connectivity index (χ1v) is 8.31. The first-order chi connectivity index (χ1) is 10.8. The smallest absolute Gasteiger partial charge is 0.255 e. The second-order valence-corrected chi connectivity index (χ2v) is 7.06. The van der Waals surface area contributed by atoms with Gasteiger partial charge >= 0.3 is 0 Å². The second kappa shape index (κ2) is 7.13. The van der Waals surface area contributed by atoms with E-state index in [1.807, 2.05) is 45.0 Å². The molecule has 0 saturated carbocycles. The Morgan fingerprint density at radius 2 is 1.78 bits per heavy atom. The molecule has 1 aromatic carbocycles. The molecule has 0 fully saturated rings. The van der Waals surface area contributed by atoms with E-state index in [1.54, 1.807) is 0 Å². The van der Waals surface area contributed by atoms with Crippen LogP contribution >= 0.6 is 12.2 Å². The number of ether oxygens (including phenoxy) is 1. The molecule has 2 N–H and O–H groups in total. The molecule has 0 aliphatic rings. The van der Waals surface area contributed by atoms with E-state index in [9.17, 15) is 4.79 Å². The SMILES string of the molecule is CCCc1[nH]c(=S)[nH]c(=O)c1Cc1ccc(OC(C)(C)C)cc1. The van der Waals surface area contributed by atoms with E-state index in [0.29, 0.717) is 11.2 Å². The number of hydrogen-bond donors (Lipinski definition) is 2. The van der Waals surface area contributed by atoms with Crippen molar-refractivity contribution in [2.45, 2.75) is 52.6 Å². The van der Waals surface area contributed by atoms with Crippen molar-refractivity contribution in [3.8, 4) is 5.75 Å². The lowest BCUT2D eigenvalue weighted by Gasteiger charge is -2.21. The van der Waals surface area contributed by atoms with Gasteiger partial charge in [0, 0.05) is 17.7 Å². The fraction of sp³-hybridized carbons (Fsp3) is 0.444. The van der Waals surface area contributed by atoms with Crippen LogP contribution in [0.2, 0.25) is 0 Å². The highest BCUT2D eigenvalue weighted by molar-refractivity contribution is 7.71. The second-order valence-electron chi connectivity index (χ2n) is 6.65.